The molecule has 6 nitrogen and oxygen atoms in total. The van der Waals surface area contributed by atoms with E-state index in [2.05, 4.69) is 4.72 Å². The summed E-state index contributed by atoms with van der Waals surface area (Å²) < 4.78 is 43.3. The lowest BCUT2D eigenvalue weighted by molar-refractivity contribution is 0.0511. The summed E-state index contributed by atoms with van der Waals surface area (Å²) in [6.45, 7) is 2.10. The Hall–Kier alpha value is -2.25. The Morgan fingerprint density at radius 1 is 1.21 bits per heavy atom. The molecule has 0 amide bonds. The number of sulfonamides is 1. The van der Waals surface area contributed by atoms with Crippen LogP contribution in [0.5, 0.6) is 11.5 Å². The number of hydrogen-bond donors (Lipinski definition) is 1. The van der Waals surface area contributed by atoms with Gasteiger partial charge in [-0.1, -0.05) is 0 Å². The predicted molar refractivity (Wildman–Crippen MR) is 90.0 cm³/mol. The lowest BCUT2D eigenvalue weighted by Gasteiger charge is -2.10. The van der Waals surface area contributed by atoms with Gasteiger partial charge in [-0.05, 0) is 55.0 Å². The Balaban J connectivity index is 1.75. The minimum absolute atomic E-state index is 0.0746. The molecule has 0 fully saturated rings. The fourth-order valence-electron chi connectivity index (χ4n) is 2.53. The maximum atomic E-state index is 12.5. The van der Waals surface area contributed by atoms with Gasteiger partial charge >= 0.3 is 0 Å². The molecule has 0 saturated carbocycles. The monoisotopic (exact) mass is 349 g/mol. The van der Waals surface area contributed by atoms with Gasteiger partial charge in [0.1, 0.15) is 17.6 Å². The summed E-state index contributed by atoms with van der Waals surface area (Å²) >= 11 is 0. The Bertz CT molecular complexity index is 817. The van der Waals surface area contributed by atoms with Crippen LogP contribution in [-0.4, -0.2) is 28.4 Å². The van der Waals surface area contributed by atoms with Crippen molar-refractivity contribution in [2.75, 3.05) is 18.6 Å². The Morgan fingerprint density at radius 3 is 2.67 bits per heavy atom. The second-order valence-corrected chi connectivity index (χ2v) is 7.27. The van der Waals surface area contributed by atoms with Gasteiger partial charge in [0.05, 0.1) is 4.90 Å². The van der Waals surface area contributed by atoms with Crippen molar-refractivity contribution in [1.29, 1.82) is 0 Å². The third-order valence-electron chi connectivity index (χ3n) is 3.63. The predicted octanol–water partition coefficient (Wildman–Crippen LogP) is 2.79. The van der Waals surface area contributed by atoms with E-state index in [-0.39, 0.29) is 17.8 Å². The normalized spacial score (nSPS) is 16.3. The number of anilines is 1. The van der Waals surface area contributed by atoms with Crippen molar-refractivity contribution >= 4 is 15.7 Å². The Labute approximate surface area is 141 Å². The molecule has 1 atom stereocenters. The van der Waals surface area contributed by atoms with Gasteiger partial charge in [0.2, 0.25) is 0 Å². The van der Waals surface area contributed by atoms with E-state index in [1.807, 2.05) is 6.92 Å². The largest absolute Gasteiger partial charge is 0.490 e. The average Bonchev–Trinajstić information content (AvgIpc) is 2.93. The first-order valence-electron chi connectivity index (χ1n) is 7.52. The van der Waals surface area contributed by atoms with Crippen LogP contribution in [0.25, 0.3) is 0 Å². The highest BCUT2D eigenvalue weighted by molar-refractivity contribution is 7.92. The maximum Gasteiger partial charge on any atom is 0.261 e. The lowest BCUT2D eigenvalue weighted by Crippen LogP contribution is -2.13. The molecule has 0 aliphatic carbocycles. The van der Waals surface area contributed by atoms with E-state index in [1.54, 1.807) is 42.5 Å². The van der Waals surface area contributed by atoms with E-state index in [0.29, 0.717) is 17.9 Å². The summed E-state index contributed by atoms with van der Waals surface area (Å²) in [5, 5.41) is 0. The van der Waals surface area contributed by atoms with Crippen molar-refractivity contribution in [2.24, 2.45) is 0 Å². The van der Waals surface area contributed by atoms with Crippen molar-refractivity contribution in [3.63, 3.8) is 0 Å². The second-order valence-electron chi connectivity index (χ2n) is 5.58. The summed E-state index contributed by atoms with van der Waals surface area (Å²) in [4.78, 5) is 0.221. The summed E-state index contributed by atoms with van der Waals surface area (Å²) in [6.07, 6.45) is 0.787. The maximum absolute atomic E-state index is 12.5. The highest BCUT2D eigenvalue weighted by Gasteiger charge is 2.22. The van der Waals surface area contributed by atoms with Crippen molar-refractivity contribution in [1.82, 2.24) is 0 Å². The molecule has 1 N–H and O–H groups in total. The standard InChI is InChI=1S/C17H19NO5S/c1-12-9-13-10-16(7-8-17(13)23-12)24(19,20)18-14-3-5-15(6-4-14)22-11-21-2/h3-8,10,12,18H,9,11H2,1-2H3. The third-order valence-corrected chi connectivity index (χ3v) is 5.01. The van der Waals surface area contributed by atoms with Crippen LogP contribution < -0.4 is 14.2 Å². The minimum Gasteiger partial charge on any atom is -0.490 e. The first-order valence-corrected chi connectivity index (χ1v) is 9.00. The van der Waals surface area contributed by atoms with Crippen molar-refractivity contribution in [3.8, 4) is 11.5 Å². The van der Waals surface area contributed by atoms with Crippen LogP contribution >= 0.6 is 0 Å². The van der Waals surface area contributed by atoms with E-state index in [9.17, 15) is 8.42 Å². The molecule has 1 unspecified atom stereocenters. The molecule has 0 aromatic heterocycles. The van der Waals surface area contributed by atoms with Crippen LogP contribution in [0.1, 0.15) is 12.5 Å². The molecule has 128 valence electrons. The SMILES string of the molecule is COCOc1ccc(NS(=O)(=O)c2ccc3c(c2)CC(C)O3)cc1. The Morgan fingerprint density at radius 2 is 1.96 bits per heavy atom. The molecular weight excluding hydrogens is 330 g/mol. The molecule has 0 bridgehead atoms. The molecule has 0 spiro atoms. The van der Waals surface area contributed by atoms with Gasteiger partial charge in [0, 0.05) is 19.2 Å². The van der Waals surface area contributed by atoms with Crippen molar-refractivity contribution < 1.29 is 22.6 Å². The van der Waals surface area contributed by atoms with Crippen LogP contribution in [0.4, 0.5) is 5.69 Å². The minimum atomic E-state index is -3.65. The van der Waals surface area contributed by atoms with E-state index in [4.69, 9.17) is 14.2 Å². The molecule has 3 rings (SSSR count). The fourth-order valence-corrected chi connectivity index (χ4v) is 3.63. The van der Waals surface area contributed by atoms with Crippen molar-refractivity contribution in [2.45, 2.75) is 24.3 Å². The molecule has 24 heavy (non-hydrogen) atoms. The molecule has 0 saturated heterocycles. The van der Waals surface area contributed by atoms with Gasteiger partial charge < -0.3 is 14.2 Å². The van der Waals surface area contributed by atoms with E-state index < -0.39 is 10.0 Å². The number of fused-ring (bicyclic) bond motifs is 1. The molecule has 2 aromatic carbocycles. The van der Waals surface area contributed by atoms with Gasteiger partial charge in [-0.25, -0.2) is 8.42 Å². The molecule has 1 aliphatic rings. The quantitative estimate of drug-likeness (QED) is 0.812. The highest BCUT2D eigenvalue weighted by atomic mass is 32.2. The topological polar surface area (TPSA) is 73.9 Å². The smallest absolute Gasteiger partial charge is 0.261 e. The van der Waals surface area contributed by atoms with E-state index in [0.717, 1.165) is 11.3 Å². The van der Waals surface area contributed by atoms with E-state index in [1.165, 1.54) is 7.11 Å². The molecule has 0 radical (unpaired) electrons. The molecule has 2 aromatic rings. The third kappa shape index (κ3) is 3.63. The fraction of sp³-hybridized carbons (Fsp3) is 0.294. The molecule has 1 aliphatic heterocycles. The van der Waals surface area contributed by atoms with Crippen LogP contribution in [-0.2, 0) is 21.2 Å². The molecule has 1 heterocycles. The van der Waals surface area contributed by atoms with Crippen molar-refractivity contribution in [3.05, 3.63) is 48.0 Å². The summed E-state index contributed by atoms with van der Waals surface area (Å²) in [5.74, 6) is 1.35. The summed E-state index contributed by atoms with van der Waals surface area (Å²) in [5.41, 5.74) is 1.37. The van der Waals surface area contributed by atoms with E-state index >= 15 is 0 Å². The molecule has 7 heteroatoms. The zero-order valence-corrected chi connectivity index (χ0v) is 14.3. The van der Waals surface area contributed by atoms with Gasteiger partial charge in [0.15, 0.2) is 6.79 Å². The van der Waals surface area contributed by atoms with Crippen LogP contribution in [0.3, 0.4) is 0 Å². The number of benzene rings is 2. The van der Waals surface area contributed by atoms with Crippen LogP contribution in [0.15, 0.2) is 47.4 Å². The summed E-state index contributed by atoms with van der Waals surface area (Å²) in [7, 11) is -2.12. The second kappa shape index (κ2) is 6.70. The van der Waals surface area contributed by atoms with Gasteiger partial charge in [-0.3, -0.25) is 4.72 Å². The Kier molecular flexibility index (Phi) is 4.64. The molecular formula is C17H19NO5S. The number of rotatable bonds is 6. The lowest BCUT2D eigenvalue weighted by atomic mass is 10.1. The van der Waals surface area contributed by atoms with Crippen LogP contribution in [0, 0.1) is 0 Å². The first kappa shape index (κ1) is 16.6. The van der Waals surface area contributed by atoms with Gasteiger partial charge in [-0.15, -0.1) is 0 Å². The van der Waals surface area contributed by atoms with Gasteiger partial charge in [-0.2, -0.15) is 0 Å². The number of hydrogen-bond acceptors (Lipinski definition) is 5. The number of ether oxygens (including phenoxy) is 3. The number of methoxy groups -OCH3 is 1. The summed E-state index contributed by atoms with van der Waals surface area (Å²) in [6, 6.07) is 11.5. The zero-order valence-electron chi connectivity index (χ0n) is 13.5. The first-order chi connectivity index (χ1) is 11.5. The highest BCUT2D eigenvalue weighted by Crippen LogP contribution is 2.31. The number of nitrogens with one attached hydrogen (secondary N) is 1. The van der Waals surface area contributed by atoms with Crippen LogP contribution in [0.2, 0.25) is 0 Å². The zero-order chi connectivity index (χ0) is 17.2. The van der Waals surface area contributed by atoms with Gasteiger partial charge in [0.25, 0.3) is 10.0 Å². The average molecular weight is 349 g/mol.